The largest absolute Gasteiger partial charge is 0.350 e. The van der Waals surface area contributed by atoms with Crippen LogP contribution in [0.4, 0.5) is 5.69 Å². The zero-order valence-electron chi connectivity index (χ0n) is 18.7. The van der Waals surface area contributed by atoms with E-state index in [9.17, 15) is 13.2 Å². The average Bonchev–Trinajstić information content (AvgIpc) is 3.04. The molecule has 168 valence electrons. The third kappa shape index (κ3) is 5.28. The van der Waals surface area contributed by atoms with Crippen LogP contribution in [0.5, 0.6) is 0 Å². The molecule has 0 spiro atoms. The molecule has 1 saturated carbocycles. The van der Waals surface area contributed by atoms with E-state index >= 15 is 0 Å². The number of para-hydroxylation sites is 1. The van der Waals surface area contributed by atoms with Gasteiger partial charge in [0.05, 0.1) is 10.6 Å². The van der Waals surface area contributed by atoms with E-state index in [4.69, 9.17) is 0 Å². The summed E-state index contributed by atoms with van der Waals surface area (Å²) in [4.78, 5) is 15.2. The lowest BCUT2D eigenvalue weighted by molar-refractivity contribution is 0.0869. The van der Waals surface area contributed by atoms with Crippen molar-refractivity contribution in [2.24, 2.45) is 0 Å². The summed E-state index contributed by atoms with van der Waals surface area (Å²) < 4.78 is 27.1. The number of likely N-dealkylation sites (N-methyl/N-ethyl adjacent to an activating group) is 1. The third-order valence-electron chi connectivity index (χ3n) is 6.46. The summed E-state index contributed by atoms with van der Waals surface area (Å²) >= 11 is 0. The maximum Gasteiger partial charge on any atom is 0.264 e. The van der Waals surface area contributed by atoms with Crippen LogP contribution < -0.4 is 9.62 Å². The molecule has 1 N–H and O–H groups in total. The average molecular weight is 444 g/mol. The predicted octanol–water partition coefficient (Wildman–Crippen LogP) is 3.90. The Morgan fingerprint density at radius 1 is 0.903 bits per heavy atom. The van der Waals surface area contributed by atoms with Gasteiger partial charge in [0.15, 0.2) is 0 Å². The van der Waals surface area contributed by atoms with Crippen molar-refractivity contribution >= 4 is 21.6 Å². The Morgan fingerprint density at radius 3 is 2.03 bits per heavy atom. The minimum absolute atomic E-state index is 0.0200. The molecule has 0 saturated heterocycles. The number of carbonyl (C=O) groups is 1. The van der Waals surface area contributed by atoms with Gasteiger partial charge in [0, 0.05) is 24.7 Å². The fraction of sp³-hybridized carbons (Fsp3) is 0.458. The molecule has 31 heavy (non-hydrogen) atoms. The van der Waals surface area contributed by atoms with Crippen LogP contribution in [0.15, 0.2) is 59.5 Å². The Hall–Kier alpha value is -2.38. The van der Waals surface area contributed by atoms with Gasteiger partial charge in [0.2, 0.25) is 0 Å². The molecule has 0 heterocycles. The molecule has 0 unspecified atom stereocenters. The van der Waals surface area contributed by atoms with Crippen molar-refractivity contribution in [2.45, 2.75) is 49.0 Å². The lowest BCUT2D eigenvalue weighted by atomic mass is 9.88. The normalized spacial score (nSPS) is 16.5. The minimum atomic E-state index is -3.69. The Balaban J connectivity index is 1.70. The molecule has 6 nitrogen and oxygen atoms in total. The summed E-state index contributed by atoms with van der Waals surface area (Å²) in [6, 6.07) is 15.1. The van der Waals surface area contributed by atoms with Crippen LogP contribution in [-0.4, -0.2) is 52.5 Å². The summed E-state index contributed by atoms with van der Waals surface area (Å²) in [5.41, 5.74) is 1.03. The number of carbonyl (C=O) groups excluding carboxylic acids is 1. The maximum atomic E-state index is 12.9. The van der Waals surface area contributed by atoms with Crippen molar-refractivity contribution in [1.82, 2.24) is 10.2 Å². The van der Waals surface area contributed by atoms with Crippen LogP contribution in [-0.2, 0) is 10.0 Å². The van der Waals surface area contributed by atoms with Crippen LogP contribution in [0.25, 0.3) is 0 Å². The molecule has 2 aromatic rings. The van der Waals surface area contributed by atoms with Gasteiger partial charge in [0.25, 0.3) is 15.9 Å². The molecule has 3 rings (SSSR count). The van der Waals surface area contributed by atoms with Crippen LogP contribution in [0.3, 0.4) is 0 Å². The second-order valence-corrected chi connectivity index (χ2v) is 10.5. The van der Waals surface area contributed by atoms with Crippen LogP contribution in [0.1, 0.15) is 48.9 Å². The highest BCUT2D eigenvalue weighted by Gasteiger charge is 2.33. The first-order chi connectivity index (χ1) is 14.8. The summed E-state index contributed by atoms with van der Waals surface area (Å²) in [7, 11) is 2.00. The van der Waals surface area contributed by atoms with Gasteiger partial charge in [-0.3, -0.25) is 9.10 Å². The fourth-order valence-electron chi connectivity index (χ4n) is 4.23. The highest BCUT2D eigenvalue weighted by atomic mass is 32.2. The number of nitrogens with one attached hydrogen (secondary N) is 1. The van der Waals surface area contributed by atoms with E-state index in [1.807, 2.05) is 6.07 Å². The minimum Gasteiger partial charge on any atom is -0.350 e. The van der Waals surface area contributed by atoms with Gasteiger partial charge in [-0.15, -0.1) is 0 Å². The van der Waals surface area contributed by atoms with Gasteiger partial charge in [-0.25, -0.2) is 8.42 Å². The number of hydrogen-bond acceptors (Lipinski definition) is 4. The zero-order chi connectivity index (χ0) is 22.5. The molecule has 7 heteroatoms. The lowest BCUT2D eigenvalue weighted by Crippen LogP contribution is -2.52. The maximum absolute atomic E-state index is 12.9. The van der Waals surface area contributed by atoms with Crippen LogP contribution in [0, 0.1) is 0 Å². The smallest absolute Gasteiger partial charge is 0.264 e. The Bertz CT molecular complexity index is 965. The van der Waals surface area contributed by atoms with Gasteiger partial charge >= 0.3 is 0 Å². The molecule has 2 aromatic carbocycles. The van der Waals surface area contributed by atoms with Gasteiger partial charge in [-0.1, -0.05) is 43.9 Å². The van der Waals surface area contributed by atoms with Crippen molar-refractivity contribution in [1.29, 1.82) is 0 Å². The third-order valence-corrected chi connectivity index (χ3v) is 8.26. The zero-order valence-corrected chi connectivity index (χ0v) is 19.5. The van der Waals surface area contributed by atoms with Gasteiger partial charge in [0.1, 0.15) is 0 Å². The molecule has 1 aliphatic rings. The molecule has 0 aliphatic heterocycles. The molecule has 0 aromatic heterocycles. The molecule has 0 atom stereocenters. The highest BCUT2D eigenvalue weighted by Crippen LogP contribution is 2.30. The number of nitrogens with zero attached hydrogens (tertiary/aromatic N) is 2. The van der Waals surface area contributed by atoms with E-state index in [1.54, 1.807) is 36.4 Å². The second-order valence-electron chi connectivity index (χ2n) is 8.55. The number of amides is 1. The standard InChI is InChI=1S/C24H33N3O3S/c1-26(2)24(17-9-4-5-10-18-24)19-25-23(28)20-13-15-22(16-14-20)31(29,30)27(3)21-11-7-6-8-12-21/h6-8,11-16H,4-5,9-10,17-19H2,1-3H3,(H,25,28). The number of benzene rings is 2. The highest BCUT2D eigenvalue weighted by molar-refractivity contribution is 7.92. The molecule has 1 amide bonds. The number of hydrogen-bond donors (Lipinski definition) is 1. The summed E-state index contributed by atoms with van der Waals surface area (Å²) in [6.45, 7) is 0.593. The monoisotopic (exact) mass is 443 g/mol. The summed E-state index contributed by atoms with van der Waals surface area (Å²) in [5, 5.41) is 3.08. The van der Waals surface area contributed by atoms with Gasteiger partial charge in [-0.05, 0) is 63.3 Å². The number of anilines is 1. The van der Waals surface area contributed by atoms with E-state index in [-0.39, 0.29) is 16.3 Å². The Labute approximate surface area is 186 Å². The van der Waals surface area contributed by atoms with Crippen molar-refractivity contribution in [3.8, 4) is 0 Å². The molecule has 0 radical (unpaired) electrons. The first kappa shape index (κ1) is 23.3. The molecule has 1 fully saturated rings. The van der Waals surface area contributed by atoms with Crippen LogP contribution >= 0.6 is 0 Å². The number of rotatable bonds is 7. The lowest BCUT2D eigenvalue weighted by Gasteiger charge is -2.39. The summed E-state index contributed by atoms with van der Waals surface area (Å²) in [6.07, 6.45) is 6.99. The fourth-order valence-corrected chi connectivity index (χ4v) is 5.42. The second kappa shape index (κ2) is 9.83. The van der Waals surface area contributed by atoms with E-state index in [2.05, 4.69) is 24.3 Å². The van der Waals surface area contributed by atoms with Gasteiger partial charge < -0.3 is 10.2 Å². The van der Waals surface area contributed by atoms with Crippen molar-refractivity contribution in [2.75, 3.05) is 32.0 Å². The van der Waals surface area contributed by atoms with Crippen molar-refractivity contribution in [3.63, 3.8) is 0 Å². The van der Waals surface area contributed by atoms with E-state index in [1.165, 1.54) is 49.2 Å². The SMILES string of the molecule is CN(C)C1(CNC(=O)c2ccc(S(=O)(=O)N(C)c3ccccc3)cc2)CCCCCC1. The topological polar surface area (TPSA) is 69.7 Å². The molecular weight excluding hydrogens is 410 g/mol. The van der Waals surface area contributed by atoms with Crippen LogP contribution in [0.2, 0.25) is 0 Å². The van der Waals surface area contributed by atoms with Gasteiger partial charge in [-0.2, -0.15) is 0 Å². The van der Waals surface area contributed by atoms with E-state index in [0.29, 0.717) is 17.8 Å². The number of sulfonamides is 1. The first-order valence-corrected chi connectivity index (χ1v) is 12.3. The quantitative estimate of drug-likeness (QED) is 0.659. The predicted molar refractivity (Wildman–Crippen MR) is 125 cm³/mol. The summed E-state index contributed by atoms with van der Waals surface area (Å²) in [5.74, 6) is -0.175. The first-order valence-electron chi connectivity index (χ1n) is 10.9. The molecular formula is C24H33N3O3S. The van der Waals surface area contributed by atoms with E-state index < -0.39 is 10.0 Å². The molecule has 0 bridgehead atoms. The van der Waals surface area contributed by atoms with Crippen molar-refractivity contribution < 1.29 is 13.2 Å². The Morgan fingerprint density at radius 2 is 1.48 bits per heavy atom. The Kier molecular flexibility index (Phi) is 7.38. The molecule has 1 aliphatic carbocycles. The van der Waals surface area contributed by atoms with E-state index in [0.717, 1.165) is 12.8 Å². The van der Waals surface area contributed by atoms with Crippen molar-refractivity contribution in [3.05, 3.63) is 60.2 Å².